The first-order valence-electron chi connectivity index (χ1n) is 5.72. The zero-order chi connectivity index (χ0) is 14.8. The summed E-state index contributed by atoms with van der Waals surface area (Å²) in [5.74, 6) is -0.254. The summed E-state index contributed by atoms with van der Waals surface area (Å²) < 4.78 is 41.1. The molecule has 2 aromatic carbocycles. The third kappa shape index (κ3) is 5.37. The summed E-state index contributed by atoms with van der Waals surface area (Å²) in [4.78, 5) is 0. The van der Waals surface area contributed by atoms with Crippen molar-refractivity contribution in [3.8, 4) is 5.75 Å². The molecule has 7 heteroatoms. The molecule has 1 atom stereocenters. The summed E-state index contributed by atoms with van der Waals surface area (Å²) >= 11 is 2.18. The van der Waals surface area contributed by atoms with E-state index in [1.807, 2.05) is 24.3 Å². The van der Waals surface area contributed by atoms with Gasteiger partial charge in [0.15, 0.2) is 0 Å². The summed E-state index contributed by atoms with van der Waals surface area (Å²) in [5, 5.41) is 0. The SMILES string of the molecule is Cl.N[C@H](c1ccc(OC(F)(F)F)cc1)c1cccc(I)c1. The van der Waals surface area contributed by atoms with Crippen LogP contribution in [0.3, 0.4) is 0 Å². The molecular formula is C14H12ClF3INO. The lowest BCUT2D eigenvalue weighted by Gasteiger charge is -2.14. The Morgan fingerprint density at radius 3 is 2.14 bits per heavy atom. The fraction of sp³-hybridized carbons (Fsp3) is 0.143. The Balaban J connectivity index is 0.00000220. The van der Waals surface area contributed by atoms with E-state index in [-0.39, 0.29) is 24.2 Å². The molecule has 0 saturated heterocycles. The predicted octanol–water partition coefficient (Wildman–Crippen LogP) is 4.66. The van der Waals surface area contributed by atoms with Crippen LogP contribution in [0.5, 0.6) is 5.75 Å². The maximum Gasteiger partial charge on any atom is 0.573 e. The van der Waals surface area contributed by atoms with E-state index in [4.69, 9.17) is 5.73 Å². The normalized spacial score (nSPS) is 12.4. The molecule has 0 aliphatic carbocycles. The molecule has 0 amide bonds. The minimum atomic E-state index is -4.68. The number of halogens is 5. The molecule has 2 rings (SSSR count). The van der Waals surface area contributed by atoms with E-state index < -0.39 is 6.36 Å². The first-order valence-corrected chi connectivity index (χ1v) is 6.80. The molecule has 0 unspecified atom stereocenters. The summed E-state index contributed by atoms with van der Waals surface area (Å²) in [6.07, 6.45) is -4.68. The highest BCUT2D eigenvalue weighted by Crippen LogP contribution is 2.26. The molecule has 0 spiro atoms. The van der Waals surface area contributed by atoms with E-state index in [9.17, 15) is 13.2 Å². The molecule has 2 aromatic rings. The zero-order valence-electron chi connectivity index (χ0n) is 10.6. The van der Waals surface area contributed by atoms with Gasteiger partial charge in [0, 0.05) is 3.57 Å². The van der Waals surface area contributed by atoms with Crippen molar-refractivity contribution in [1.29, 1.82) is 0 Å². The monoisotopic (exact) mass is 429 g/mol. The molecule has 0 aliphatic heterocycles. The van der Waals surface area contributed by atoms with Crippen LogP contribution >= 0.6 is 35.0 Å². The highest BCUT2D eigenvalue weighted by atomic mass is 127. The third-order valence-electron chi connectivity index (χ3n) is 2.68. The van der Waals surface area contributed by atoms with Gasteiger partial charge < -0.3 is 10.5 Å². The fourth-order valence-corrected chi connectivity index (χ4v) is 2.34. The Kier molecular flexibility index (Phi) is 6.30. The minimum Gasteiger partial charge on any atom is -0.406 e. The van der Waals surface area contributed by atoms with Gasteiger partial charge in [-0.25, -0.2) is 0 Å². The second kappa shape index (κ2) is 7.33. The largest absolute Gasteiger partial charge is 0.573 e. The topological polar surface area (TPSA) is 35.2 Å². The van der Waals surface area contributed by atoms with Crippen LogP contribution in [0, 0.1) is 3.57 Å². The lowest BCUT2D eigenvalue weighted by atomic mass is 10.00. The van der Waals surface area contributed by atoms with Gasteiger partial charge in [-0.3, -0.25) is 0 Å². The molecule has 21 heavy (non-hydrogen) atoms. The zero-order valence-corrected chi connectivity index (χ0v) is 13.6. The molecule has 0 saturated carbocycles. The van der Waals surface area contributed by atoms with E-state index in [2.05, 4.69) is 27.3 Å². The smallest absolute Gasteiger partial charge is 0.406 e. The quantitative estimate of drug-likeness (QED) is 0.721. The van der Waals surface area contributed by atoms with Crippen LogP contribution in [0.25, 0.3) is 0 Å². The molecule has 0 fully saturated rings. The molecule has 0 aromatic heterocycles. The van der Waals surface area contributed by atoms with E-state index in [0.29, 0.717) is 0 Å². The van der Waals surface area contributed by atoms with Crippen molar-refractivity contribution in [3.05, 3.63) is 63.2 Å². The van der Waals surface area contributed by atoms with Crippen LogP contribution in [0.2, 0.25) is 0 Å². The number of benzene rings is 2. The Hall–Kier alpha value is -0.990. The number of hydrogen-bond acceptors (Lipinski definition) is 2. The van der Waals surface area contributed by atoms with Crippen LogP contribution in [0.4, 0.5) is 13.2 Å². The highest BCUT2D eigenvalue weighted by molar-refractivity contribution is 14.1. The van der Waals surface area contributed by atoms with E-state index in [1.165, 1.54) is 24.3 Å². The molecule has 0 aliphatic rings. The second-order valence-corrected chi connectivity index (χ2v) is 5.40. The van der Waals surface area contributed by atoms with E-state index in [1.54, 1.807) is 0 Å². The third-order valence-corrected chi connectivity index (χ3v) is 3.35. The minimum absolute atomic E-state index is 0. The Labute approximate surface area is 140 Å². The van der Waals surface area contributed by atoms with Gasteiger partial charge in [0.1, 0.15) is 5.75 Å². The first-order chi connectivity index (χ1) is 9.35. The fourth-order valence-electron chi connectivity index (χ4n) is 1.77. The molecule has 2 N–H and O–H groups in total. The molecule has 0 bridgehead atoms. The van der Waals surface area contributed by atoms with Crippen LogP contribution in [-0.2, 0) is 0 Å². The van der Waals surface area contributed by atoms with Crippen molar-refractivity contribution >= 4 is 35.0 Å². The lowest BCUT2D eigenvalue weighted by molar-refractivity contribution is -0.274. The summed E-state index contributed by atoms with van der Waals surface area (Å²) in [7, 11) is 0. The van der Waals surface area contributed by atoms with Crippen molar-refractivity contribution in [1.82, 2.24) is 0 Å². The maximum atomic E-state index is 12.1. The molecule has 114 valence electrons. The van der Waals surface area contributed by atoms with E-state index >= 15 is 0 Å². The van der Waals surface area contributed by atoms with Gasteiger partial charge in [0.05, 0.1) is 6.04 Å². The van der Waals surface area contributed by atoms with Gasteiger partial charge in [0.2, 0.25) is 0 Å². The van der Waals surface area contributed by atoms with Crippen LogP contribution < -0.4 is 10.5 Å². The summed E-state index contributed by atoms with van der Waals surface area (Å²) in [6, 6.07) is 12.8. The molecule has 0 heterocycles. The number of hydrogen-bond donors (Lipinski definition) is 1. The molecule has 0 radical (unpaired) electrons. The van der Waals surface area contributed by atoms with Crippen LogP contribution in [-0.4, -0.2) is 6.36 Å². The van der Waals surface area contributed by atoms with Crippen molar-refractivity contribution in [2.24, 2.45) is 5.73 Å². The van der Waals surface area contributed by atoms with Gasteiger partial charge >= 0.3 is 6.36 Å². The Bertz CT molecular complexity index is 590. The van der Waals surface area contributed by atoms with E-state index in [0.717, 1.165) is 14.7 Å². The molecular weight excluding hydrogens is 418 g/mol. The number of rotatable bonds is 3. The number of alkyl halides is 3. The van der Waals surface area contributed by atoms with Crippen LogP contribution in [0.15, 0.2) is 48.5 Å². The predicted molar refractivity (Wildman–Crippen MR) is 85.6 cm³/mol. The summed E-state index contributed by atoms with van der Waals surface area (Å²) in [5.41, 5.74) is 7.72. The first kappa shape index (κ1) is 18.1. The second-order valence-electron chi connectivity index (χ2n) is 4.15. The average molecular weight is 430 g/mol. The van der Waals surface area contributed by atoms with Crippen molar-refractivity contribution in [2.75, 3.05) is 0 Å². The van der Waals surface area contributed by atoms with Gasteiger partial charge in [-0.15, -0.1) is 25.6 Å². The van der Waals surface area contributed by atoms with Gasteiger partial charge in [-0.05, 0) is 58.0 Å². The average Bonchev–Trinajstić information content (AvgIpc) is 2.37. The van der Waals surface area contributed by atoms with Crippen molar-refractivity contribution < 1.29 is 17.9 Å². The lowest BCUT2D eigenvalue weighted by Crippen LogP contribution is -2.17. The maximum absolute atomic E-state index is 12.1. The standard InChI is InChI=1S/C14H11F3INO.ClH/c15-14(16,17)20-12-6-4-9(5-7-12)13(19)10-2-1-3-11(18)8-10;/h1-8,13H,19H2;1H/t13-;/m1./s1. The molecule has 2 nitrogen and oxygen atoms in total. The van der Waals surface area contributed by atoms with Gasteiger partial charge in [0.25, 0.3) is 0 Å². The van der Waals surface area contributed by atoms with Crippen LogP contribution in [0.1, 0.15) is 17.2 Å². The Morgan fingerprint density at radius 2 is 1.62 bits per heavy atom. The highest BCUT2D eigenvalue weighted by Gasteiger charge is 2.31. The van der Waals surface area contributed by atoms with Crippen molar-refractivity contribution in [2.45, 2.75) is 12.4 Å². The summed E-state index contributed by atoms with van der Waals surface area (Å²) in [6.45, 7) is 0. The number of nitrogens with two attached hydrogens (primary N) is 1. The van der Waals surface area contributed by atoms with Gasteiger partial charge in [-0.1, -0.05) is 24.3 Å². The Morgan fingerprint density at radius 1 is 1.00 bits per heavy atom. The van der Waals surface area contributed by atoms with Crippen molar-refractivity contribution in [3.63, 3.8) is 0 Å². The number of ether oxygens (including phenoxy) is 1. The van der Waals surface area contributed by atoms with Gasteiger partial charge in [-0.2, -0.15) is 0 Å².